The predicted octanol–water partition coefficient (Wildman–Crippen LogP) is 3.95. The minimum Gasteiger partial charge on any atom is -0.297 e. The first-order valence-corrected chi connectivity index (χ1v) is 9.35. The van der Waals surface area contributed by atoms with Gasteiger partial charge in [0.2, 0.25) is 0 Å². The largest absolute Gasteiger partial charge is 0.297 e. The van der Waals surface area contributed by atoms with E-state index < -0.39 is 0 Å². The van der Waals surface area contributed by atoms with Gasteiger partial charge in [0, 0.05) is 30.1 Å². The topological polar surface area (TPSA) is 21.1 Å². The quantitative estimate of drug-likeness (QED) is 0.811. The molecule has 0 bridgehead atoms. The van der Waals surface area contributed by atoms with Crippen molar-refractivity contribution in [2.75, 3.05) is 18.8 Å². The van der Waals surface area contributed by atoms with Gasteiger partial charge in [0.05, 0.1) is 15.9 Å². The Morgan fingerprint density at radius 1 is 1.30 bits per heavy atom. The first kappa shape index (κ1) is 16.4. The molecule has 0 amide bonds. The number of thioether (sulfide) groups is 1. The molecule has 1 aliphatic rings. The van der Waals surface area contributed by atoms with Crippen LogP contribution >= 0.6 is 27.7 Å². The summed E-state index contributed by atoms with van der Waals surface area (Å²) in [7, 11) is 0. The van der Waals surface area contributed by atoms with Gasteiger partial charge in [-0.05, 0) is 42.2 Å². The molecular formula is C15H26BrN3S. The van der Waals surface area contributed by atoms with Crippen molar-refractivity contribution in [1.82, 2.24) is 14.7 Å². The summed E-state index contributed by atoms with van der Waals surface area (Å²) in [6, 6.07) is 0. The molecular weight excluding hydrogens is 334 g/mol. The minimum atomic E-state index is 0.422. The standard InChI is InChI=1S/C15H26BrN3S/c1-5-12-14(16)13(19(6-2)17-12)11-18-8-7-15(3,4)20-10-9-18/h5-11H2,1-4H3. The van der Waals surface area contributed by atoms with Crippen LogP contribution in [0.3, 0.4) is 0 Å². The van der Waals surface area contributed by atoms with Crippen LogP contribution in [0.2, 0.25) is 0 Å². The number of aryl methyl sites for hydroxylation is 2. The molecule has 1 aliphatic heterocycles. The Morgan fingerprint density at radius 3 is 2.70 bits per heavy atom. The zero-order valence-corrected chi connectivity index (χ0v) is 15.5. The van der Waals surface area contributed by atoms with E-state index in [1.165, 1.54) is 41.1 Å². The molecule has 5 heteroatoms. The summed E-state index contributed by atoms with van der Waals surface area (Å²) in [5.74, 6) is 1.23. The summed E-state index contributed by atoms with van der Waals surface area (Å²) in [6.07, 6.45) is 2.25. The summed E-state index contributed by atoms with van der Waals surface area (Å²) >= 11 is 5.86. The second kappa shape index (κ2) is 6.84. The third kappa shape index (κ3) is 3.80. The van der Waals surface area contributed by atoms with Gasteiger partial charge < -0.3 is 0 Å². The predicted molar refractivity (Wildman–Crippen MR) is 91.4 cm³/mol. The summed E-state index contributed by atoms with van der Waals surface area (Å²) in [6.45, 7) is 13.4. The van der Waals surface area contributed by atoms with E-state index >= 15 is 0 Å². The molecule has 0 aromatic carbocycles. The van der Waals surface area contributed by atoms with Crippen molar-refractivity contribution in [1.29, 1.82) is 0 Å². The lowest BCUT2D eigenvalue weighted by molar-refractivity contribution is 0.267. The third-order valence-electron chi connectivity index (χ3n) is 4.00. The lowest BCUT2D eigenvalue weighted by atomic mass is 10.1. The highest BCUT2D eigenvalue weighted by Gasteiger charge is 2.25. The average molecular weight is 360 g/mol. The van der Waals surface area contributed by atoms with Crippen molar-refractivity contribution in [2.45, 2.75) is 58.4 Å². The van der Waals surface area contributed by atoms with E-state index in [4.69, 9.17) is 5.10 Å². The van der Waals surface area contributed by atoms with Crippen LogP contribution in [-0.2, 0) is 19.5 Å². The van der Waals surface area contributed by atoms with Gasteiger partial charge in [-0.2, -0.15) is 16.9 Å². The molecule has 0 radical (unpaired) electrons. The Balaban J connectivity index is 2.11. The van der Waals surface area contributed by atoms with Gasteiger partial charge in [0.1, 0.15) is 0 Å². The molecule has 0 unspecified atom stereocenters. The van der Waals surface area contributed by atoms with Crippen molar-refractivity contribution < 1.29 is 0 Å². The van der Waals surface area contributed by atoms with E-state index in [1.807, 2.05) is 0 Å². The Morgan fingerprint density at radius 2 is 2.05 bits per heavy atom. The summed E-state index contributed by atoms with van der Waals surface area (Å²) in [5.41, 5.74) is 2.53. The second-order valence-electron chi connectivity index (χ2n) is 6.01. The lowest BCUT2D eigenvalue weighted by Crippen LogP contribution is -2.28. The number of nitrogens with zero attached hydrogens (tertiary/aromatic N) is 3. The molecule has 1 aromatic rings. The van der Waals surface area contributed by atoms with Gasteiger partial charge >= 0.3 is 0 Å². The summed E-state index contributed by atoms with van der Waals surface area (Å²) in [5, 5.41) is 4.70. The molecule has 20 heavy (non-hydrogen) atoms. The highest BCUT2D eigenvalue weighted by molar-refractivity contribution is 9.10. The maximum absolute atomic E-state index is 4.70. The Kier molecular flexibility index (Phi) is 5.60. The van der Waals surface area contributed by atoms with E-state index in [2.05, 4.69) is 65.0 Å². The fraction of sp³-hybridized carbons (Fsp3) is 0.800. The van der Waals surface area contributed by atoms with Crippen molar-refractivity contribution in [3.63, 3.8) is 0 Å². The molecule has 0 saturated carbocycles. The lowest BCUT2D eigenvalue weighted by Gasteiger charge is -2.23. The zero-order chi connectivity index (χ0) is 14.8. The first-order chi connectivity index (χ1) is 9.46. The van der Waals surface area contributed by atoms with Crippen LogP contribution in [0.5, 0.6) is 0 Å². The molecule has 3 nitrogen and oxygen atoms in total. The normalized spacial score (nSPS) is 20.1. The highest BCUT2D eigenvalue weighted by atomic mass is 79.9. The van der Waals surface area contributed by atoms with E-state index in [0.717, 1.165) is 19.5 Å². The van der Waals surface area contributed by atoms with Crippen LogP contribution in [0.1, 0.15) is 45.5 Å². The smallest absolute Gasteiger partial charge is 0.0767 e. The van der Waals surface area contributed by atoms with E-state index in [0.29, 0.717) is 4.75 Å². The maximum atomic E-state index is 4.70. The van der Waals surface area contributed by atoms with Gasteiger partial charge in [-0.15, -0.1) is 0 Å². The molecule has 0 spiro atoms. The fourth-order valence-corrected chi connectivity index (χ4v) is 4.43. The van der Waals surface area contributed by atoms with Gasteiger partial charge in [-0.25, -0.2) is 0 Å². The number of rotatable bonds is 4. The second-order valence-corrected chi connectivity index (χ2v) is 8.61. The summed E-state index contributed by atoms with van der Waals surface area (Å²) < 4.78 is 3.80. The highest BCUT2D eigenvalue weighted by Crippen LogP contribution is 2.32. The fourth-order valence-electron chi connectivity index (χ4n) is 2.60. The molecule has 0 atom stereocenters. The minimum absolute atomic E-state index is 0.422. The number of halogens is 1. The number of hydrogen-bond acceptors (Lipinski definition) is 3. The van der Waals surface area contributed by atoms with E-state index in [9.17, 15) is 0 Å². The molecule has 1 aromatic heterocycles. The molecule has 2 rings (SSSR count). The Hall–Kier alpha value is -0.000000000000000111. The monoisotopic (exact) mass is 359 g/mol. The molecule has 1 saturated heterocycles. The SMILES string of the molecule is CCc1nn(CC)c(CN2CCSC(C)(C)CC2)c1Br. The van der Waals surface area contributed by atoms with E-state index in [-0.39, 0.29) is 0 Å². The van der Waals surface area contributed by atoms with Gasteiger partial charge in [0.15, 0.2) is 0 Å². The van der Waals surface area contributed by atoms with Crippen molar-refractivity contribution in [2.24, 2.45) is 0 Å². The molecule has 1 fully saturated rings. The summed E-state index contributed by atoms with van der Waals surface area (Å²) in [4.78, 5) is 2.58. The van der Waals surface area contributed by atoms with Crippen LogP contribution in [0.4, 0.5) is 0 Å². The zero-order valence-electron chi connectivity index (χ0n) is 13.1. The van der Waals surface area contributed by atoms with E-state index in [1.54, 1.807) is 0 Å². The maximum Gasteiger partial charge on any atom is 0.0767 e. The van der Waals surface area contributed by atoms with Crippen molar-refractivity contribution in [3.8, 4) is 0 Å². The van der Waals surface area contributed by atoms with Crippen LogP contribution in [-0.4, -0.2) is 38.3 Å². The molecule has 114 valence electrons. The van der Waals surface area contributed by atoms with Crippen molar-refractivity contribution >= 4 is 27.7 Å². The van der Waals surface area contributed by atoms with Crippen molar-refractivity contribution in [3.05, 3.63) is 15.9 Å². The van der Waals surface area contributed by atoms with Crippen LogP contribution < -0.4 is 0 Å². The average Bonchev–Trinajstić information content (AvgIpc) is 2.60. The van der Waals surface area contributed by atoms with Gasteiger partial charge in [-0.1, -0.05) is 20.8 Å². The Labute approximate surface area is 135 Å². The van der Waals surface area contributed by atoms with Crippen LogP contribution in [0.15, 0.2) is 4.47 Å². The van der Waals surface area contributed by atoms with Crippen LogP contribution in [0.25, 0.3) is 0 Å². The number of hydrogen-bond donors (Lipinski definition) is 0. The molecule has 0 N–H and O–H groups in total. The molecule has 0 aliphatic carbocycles. The number of aromatic nitrogens is 2. The van der Waals surface area contributed by atoms with Gasteiger partial charge in [-0.3, -0.25) is 9.58 Å². The van der Waals surface area contributed by atoms with Crippen LogP contribution in [0, 0.1) is 0 Å². The van der Waals surface area contributed by atoms with Gasteiger partial charge in [0.25, 0.3) is 0 Å². The first-order valence-electron chi connectivity index (χ1n) is 7.57. The Bertz CT molecular complexity index is 456. The molecule has 2 heterocycles. The third-order valence-corrected chi connectivity index (χ3v) is 6.29.